The molecule has 2 aromatic carbocycles. The molecule has 12 heteroatoms. The highest BCUT2D eigenvalue weighted by Crippen LogP contribution is 2.36. The van der Waals surface area contributed by atoms with E-state index in [0.717, 1.165) is 0 Å². The minimum Gasteiger partial charge on any atom is -0.423 e. The highest BCUT2D eigenvalue weighted by molar-refractivity contribution is 6.31. The molecule has 0 unspecified atom stereocenters. The average molecular weight is 555 g/mol. The van der Waals surface area contributed by atoms with E-state index in [4.69, 9.17) is 27.9 Å². The Morgan fingerprint density at radius 3 is 2.34 bits per heavy atom. The first-order valence-electron chi connectivity index (χ1n) is 11.7. The van der Waals surface area contributed by atoms with Crippen molar-refractivity contribution in [3.05, 3.63) is 58.3 Å². The standard InChI is InChI=1S/C26H24Cl2N6O4/c1-26(2,3)10-9-24(37)38-25-16(12-29)5-4-6-19(25)32-14-23(36)33(15-22(32)35)20-11-17(27)7-8-18(20)34-13-21(28)30-31-34/h4-8,11,13H,9-10,14-15H2,1-3H3. The Balaban J connectivity index is 1.64. The minimum absolute atomic E-state index is 0.0517. The number of aromatic nitrogens is 3. The Hall–Kier alpha value is -3.94. The summed E-state index contributed by atoms with van der Waals surface area (Å²) in [5.41, 5.74) is 0.946. The number of anilines is 2. The van der Waals surface area contributed by atoms with Crippen LogP contribution < -0.4 is 14.5 Å². The first-order valence-corrected chi connectivity index (χ1v) is 12.4. The second-order valence-corrected chi connectivity index (χ2v) is 10.7. The number of ether oxygens (including phenoxy) is 1. The summed E-state index contributed by atoms with van der Waals surface area (Å²) in [4.78, 5) is 41.9. The lowest BCUT2D eigenvalue weighted by Crippen LogP contribution is -2.54. The van der Waals surface area contributed by atoms with Crippen molar-refractivity contribution in [1.82, 2.24) is 15.0 Å². The molecule has 0 saturated carbocycles. The number of halogens is 2. The predicted octanol–water partition coefficient (Wildman–Crippen LogP) is 4.56. The first kappa shape index (κ1) is 27.1. The van der Waals surface area contributed by atoms with Crippen LogP contribution in [-0.2, 0) is 14.4 Å². The maximum atomic E-state index is 13.4. The largest absolute Gasteiger partial charge is 0.423 e. The molecule has 1 aliphatic rings. The smallest absolute Gasteiger partial charge is 0.311 e. The summed E-state index contributed by atoms with van der Waals surface area (Å²) in [7, 11) is 0. The van der Waals surface area contributed by atoms with Gasteiger partial charge in [-0.3, -0.25) is 24.2 Å². The number of para-hydroxylation sites is 1. The summed E-state index contributed by atoms with van der Waals surface area (Å²) in [5, 5.41) is 17.8. The number of rotatable bonds is 6. The van der Waals surface area contributed by atoms with Crippen LogP contribution in [0.1, 0.15) is 39.2 Å². The lowest BCUT2D eigenvalue weighted by molar-refractivity contribution is -0.135. The minimum atomic E-state index is -0.531. The lowest BCUT2D eigenvalue weighted by Gasteiger charge is -2.35. The van der Waals surface area contributed by atoms with E-state index in [2.05, 4.69) is 10.3 Å². The number of esters is 1. The van der Waals surface area contributed by atoms with Crippen LogP contribution in [0.5, 0.6) is 5.75 Å². The summed E-state index contributed by atoms with van der Waals surface area (Å²) < 4.78 is 6.96. The van der Waals surface area contributed by atoms with Gasteiger partial charge in [-0.15, -0.1) is 5.10 Å². The first-order chi connectivity index (χ1) is 18.0. The fourth-order valence-corrected chi connectivity index (χ4v) is 4.19. The van der Waals surface area contributed by atoms with Crippen LogP contribution in [-0.4, -0.2) is 45.9 Å². The number of amides is 2. The number of piperazine rings is 1. The van der Waals surface area contributed by atoms with Crippen LogP contribution in [0.4, 0.5) is 11.4 Å². The van der Waals surface area contributed by atoms with Gasteiger partial charge in [-0.1, -0.05) is 55.3 Å². The zero-order valence-electron chi connectivity index (χ0n) is 20.9. The molecule has 1 aromatic heterocycles. The van der Waals surface area contributed by atoms with Crippen molar-refractivity contribution in [3.63, 3.8) is 0 Å². The molecule has 0 spiro atoms. The monoisotopic (exact) mass is 554 g/mol. The molecule has 1 saturated heterocycles. The Morgan fingerprint density at radius 1 is 1.05 bits per heavy atom. The van der Waals surface area contributed by atoms with E-state index in [1.165, 1.54) is 32.8 Å². The predicted molar refractivity (Wildman–Crippen MR) is 142 cm³/mol. The lowest BCUT2D eigenvalue weighted by atomic mass is 9.91. The van der Waals surface area contributed by atoms with E-state index in [1.807, 2.05) is 26.8 Å². The Kier molecular flexibility index (Phi) is 7.71. The van der Waals surface area contributed by atoms with Crippen LogP contribution in [0.3, 0.4) is 0 Å². The zero-order chi connectivity index (χ0) is 27.6. The van der Waals surface area contributed by atoms with Gasteiger partial charge < -0.3 is 4.74 Å². The van der Waals surface area contributed by atoms with Crippen molar-refractivity contribution >= 4 is 52.4 Å². The van der Waals surface area contributed by atoms with Gasteiger partial charge in [0.05, 0.1) is 28.8 Å². The molecule has 0 atom stereocenters. The zero-order valence-corrected chi connectivity index (χ0v) is 22.5. The SMILES string of the molecule is CC(C)(C)CCC(=O)Oc1c(C#N)cccc1N1CC(=O)N(c2cc(Cl)ccc2-n2cc(Cl)nn2)CC1=O. The molecule has 1 aliphatic heterocycles. The number of carbonyl (C=O) groups excluding carboxylic acids is 3. The molecule has 0 radical (unpaired) electrons. The molecular weight excluding hydrogens is 531 g/mol. The van der Waals surface area contributed by atoms with Gasteiger partial charge >= 0.3 is 5.97 Å². The van der Waals surface area contributed by atoms with Gasteiger partial charge in [0.25, 0.3) is 0 Å². The summed E-state index contributed by atoms with van der Waals surface area (Å²) in [6, 6.07) is 11.4. The van der Waals surface area contributed by atoms with Gasteiger partial charge in [0.15, 0.2) is 10.9 Å². The van der Waals surface area contributed by atoms with Crippen LogP contribution in [0, 0.1) is 16.7 Å². The maximum Gasteiger partial charge on any atom is 0.311 e. The summed E-state index contributed by atoms with van der Waals surface area (Å²) >= 11 is 12.1. The molecule has 38 heavy (non-hydrogen) atoms. The van der Waals surface area contributed by atoms with Crippen LogP contribution in [0.25, 0.3) is 5.69 Å². The van der Waals surface area contributed by atoms with E-state index in [1.54, 1.807) is 24.3 Å². The van der Waals surface area contributed by atoms with Gasteiger partial charge in [0.2, 0.25) is 11.8 Å². The van der Waals surface area contributed by atoms with Crippen LogP contribution in [0.2, 0.25) is 10.2 Å². The van der Waals surface area contributed by atoms with Crippen molar-refractivity contribution in [1.29, 1.82) is 5.26 Å². The van der Waals surface area contributed by atoms with Crippen molar-refractivity contribution < 1.29 is 19.1 Å². The molecule has 3 aromatic rings. The summed E-state index contributed by atoms with van der Waals surface area (Å²) in [6.45, 7) is 5.32. The van der Waals surface area contributed by atoms with E-state index < -0.39 is 17.8 Å². The van der Waals surface area contributed by atoms with Gasteiger partial charge in [0, 0.05) is 11.4 Å². The molecule has 0 aliphatic carbocycles. The van der Waals surface area contributed by atoms with Crippen LogP contribution >= 0.6 is 23.2 Å². The number of nitriles is 1. The highest BCUT2D eigenvalue weighted by atomic mass is 35.5. The van der Waals surface area contributed by atoms with Gasteiger partial charge in [-0.25, -0.2) is 4.68 Å². The quantitative estimate of drug-likeness (QED) is 0.323. The molecular formula is C26H24Cl2N6O4. The molecule has 0 N–H and O–H groups in total. The van der Waals surface area contributed by atoms with E-state index >= 15 is 0 Å². The van der Waals surface area contributed by atoms with Crippen molar-refractivity contribution in [2.45, 2.75) is 33.6 Å². The molecule has 2 amide bonds. The third-order valence-corrected chi connectivity index (χ3v) is 6.24. The van der Waals surface area contributed by atoms with Crippen molar-refractivity contribution in [2.24, 2.45) is 5.41 Å². The van der Waals surface area contributed by atoms with Gasteiger partial charge in [-0.05, 0) is 42.2 Å². The fraction of sp³-hybridized carbons (Fsp3) is 0.308. The average Bonchev–Trinajstić information content (AvgIpc) is 3.29. The van der Waals surface area contributed by atoms with Gasteiger partial charge in [-0.2, -0.15) is 5.26 Å². The second-order valence-electron chi connectivity index (χ2n) is 9.88. The second kappa shape index (κ2) is 10.8. The molecule has 196 valence electrons. The van der Waals surface area contributed by atoms with Crippen LogP contribution in [0.15, 0.2) is 42.6 Å². The van der Waals surface area contributed by atoms with E-state index in [-0.39, 0.29) is 47.1 Å². The molecule has 0 bridgehead atoms. The van der Waals surface area contributed by atoms with Crippen molar-refractivity contribution in [3.8, 4) is 17.5 Å². The normalized spacial score (nSPS) is 14.0. The molecule has 1 fully saturated rings. The Morgan fingerprint density at radius 2 is 1.74 bits per heavy atom. The third-order valence-electron chi connectivity index (χ3n) is 5.83. The third kappa shape index (κ3) is 5.96. The number of benzene rings is 2. The number of hydrogen-bond acceptors (Lipinski definition) is 7. The molecule has 10 nitrogen and oxygen atoms in total. The molecule has 2 heterocycles. The maximum absolute atomic E-state index is 13.4. The van der Waals surface area contributed by atoms with Gasteiger partial charge in [0.1, 0.15) is 19.2 Å². The topological polar surface area (TPSA) is 121 Å². The van der Waals surface area contributed by atoms with E-state index in [9.17, 15) is 19.6 Å². The highest BCUT2D eigenvalue weighted by Gasteiger charge is 2.35. The number of carbonyl (C=O) groups is 3. The van der Waals surface area contributed by atoms with E-state index in [0.29, 0.717) is 22.8 Å². The van der Waals surface area contributed by atoms with Crippen molar-refractivity contribution in [2.75, 3.05) is 22.9 Å². The fourth-order valence-electron chi connectivity index (χ4n) is 3.90. The Labute approximate surface area is 229 Å². The summed E-state index contributed by atoms with van der Waals surface area (Å²) in [5.74, 6) is -1.46. The molecule has 4 rings (SSSR count). The number of nitrogens with zero attached hydrogens (tertiary/aromatic N) is 6. The number of hydrogen-bond donors (Lipinski definition) is 0. The summed E-state index contributed by atoms with van der Waals surface area (Å²) in [6.07, 6.45) is 2.17. The Bertz CT molecular complexity index is 1460.